The summed E-state index contributed by atoms with van der Waals surface area (Å²) in [5.74, 6) is 0. The van der Waals surface area contributed by atoms with Gasteiger partial charge in [0.25, 0.3) is 0 Å². The average Bonchev–Trinajstić information content (AvgIpc) is 3.50. The molecule has 2 heterocycles. The minimum Gasteiger partial charge on any atom is -0.309 e. The van der Waals surface area contributed by atoms with Gasteiger partial charge in [0, 0.05) is 32.9 Å². The maximum absolute atomic E-state index is 2.44. The number of aryl methyl sites for hydroxylation is 1. The van der Waals surface area contributed by atoms with Crippen LogP contribution in [0.3, 0.4) is 0 Å². The van der Waals surface area contributed by atoms with Crippen LogP contribution in [0.4, 0.5) is 0 Å². The molecule has 8 rings (SSSR count). The van der Waals surface area contributed by atoms with E-state index in [9.17, 15) is 0 Å². The van der Waals surface area contributed by atoms with E-state index in [2.05, 4.69) is 156 Å². The molecule has 0 saturated carbocycles. The van der Waals surface area contributed by atoms with Gasteiger partial charge in [-0.25, -0.2) is 0 Å². The fraction of sp³-hybridized carbons (Fsp3) is 0.0526. The van der Waals surface area contributed by atoms with E-state index >= 15 is 0 Å². The quantitative estimate of drug-likeness (QED) is 0.223. The topological polar surface area (TPSA) is 9.86 Å². The Balaban J connectivity index is 1.41. The third kappa shape index (κ3) is 3.23. The van der Waals surface area contributed by atoms with Crippen LogP contribution in [-0.2, 0) is 0 Å². The van der Waals surface area contributed by atoms with E-state index < -0.39 is 0 Å². The predicted octanol–water partition coefficient (Wildman–Crippen LogP) is 10.2. The molecule has 8 aromatic rings. The molecule has 6 aromatic carbocycles. The van der Waals surface area contributed by atoms with Gasteiger partial charge in [0.15, 0.2) is 0 Å². The van der Waals surface area contributed by atoms with Crippen LogP contribution in [0.25, 0.3) is 66.1 Å². The van der Waals surface area contributed by atoms with E-state index in [4.69, 9.17) is 0 Å². The molecule has 190 valence electrons. The standard InChI is InChI=1S/C38H28N2/c1-25-12-3-4-13-28(25)29-17-11-21-34(26(29)2)40-37-20-10-7-16-32(37)33-24-27(22-23-38(33)40)39-35-18-8-5-14-30(35)31-15-6-9-19-36(31)39/h3-24H,1-2H3. The molecule has 0 atom stereocenters. The Kier molecular flexibility index (Phi) is 4.99. The molecule has 0 unspecified atom stereocenters. The van der Waals surface area contributed by atoms with Gasteiger partial charge in [-0.3, -0.25) is 0 Å². The lowest BCUT2D eigenvalue weighted by Crippen LogP contribution is -1.99. The van der Waals surface area contributed by atoms with E-state index in [0.717, 1.165) is 0 Å². The molecular weight excluding hydrogens is 484 g/mol. The minimum atomic E-state index is 1.18. The summed E-state index contributed by atoms with van der Waals surface area (Å²) < 4.78 is 4.84. The van der Waals surface area contributed by atoms with Crippen LogP contribution in [0.2, 0.25) is 0 Å². The zero-order valence-corrected chi connectivity index (χ0v) is 22.6. The molecular formula is C38H28N2. The molecule has 0 radical (unpaired) electrons. The number of rotatable bonds is 3. The van der Waals surface area contributed by atoms with Gasteiger partial charge in [0.1, 0.15) is 0 Å². The van der Waals surface area contributed by atoms with Crippen LogP contribution in [0.1, 0.15) is 11.1 Å². The number of nitrogens with zero attached hydrogens (tertiary/aromatic N) is 2. The lowest BCUT2D eigenvalue weighted by Gasteiger charge is -2.16. The van der Waals surface area contributed by atoms with Crippen molar-refractivity contribution in [3.05, 3.63) is 145 Å². The zero-order chi connectivity index (χ0) is 26.8. The summed E-state index contributed by atoms with van der Waals surface area (Å²) in [6, 6.07) is 48.5. The molecule has 0 aliphatic heterocycles. The van der Waals surface area contributed by atoms with Crippen LogP contribution in [0.5, 0.6) is 0 Å². The van der Waals surface area contributed by atoms with Crippen LogP contribution in [-0.4, -0.2) is 9.13 Å². The molecule has 0 N–H and O–H groups in total. The summed E-state index contributed by atoms with van der Waals surface area (Å²) in [5, 5.41) is 5.09. The predicted molar refractivity (Wildman–Crippen MR) is 170 cm³/mol. The second-order valence-electron chi connectivity index (χ2n) is 10.7. The van der Waals surface area contributed by atoms with Gasteiger partial charge in [0.2, 0.25) is 0 Å². The molecule has 0 fully saturated rings. The van der Waals surface area contributed by atoms with Crippen LogP contribution < -0.4 is 0 Å². The molecule has 40 heavy (non-hydrogen) atoms. The third-order valence-corrected chi connectivity index (χ3v) is 8.48. The first-order valence-electron chi connectivity index (χ1n) is 13.9. The van der Waals surface area contributed by atoms with Crippen LogP contribution in [0, 0.1) is 13.8 Å². The van der Waals surface area contributed by atoms with E-state index in [0.29, 0.717) is 0 Å². The Morgan fingerprint density at radius 3 is 1.60 bits per heavy atom. The van der Waals surface area contributed by atoms with Crippen molar-refractivity contribution in [2.75, 3.05) is 0 Å². The van der Waals surface area contributed by atoms with Crippen LogP contribution >= 0.6 is 0 Å². The lowest BCUT2D eigenvalue weighted by molar-refractivity contribution is 1.14. The largest absolute Gasteiger partial charge is 0.309 e. The highest BCUT2D eigenvalue weighted by atomic mass is 15.0. The van der Waals surface area contributed by atoms with Gasteiger partial charge in [-0.2, -0.15) is 0 Å². The first kappa shape index (κ1) is 22.9. The Bertz CT molecular complexity index is 2190. The molecule has 2 nitrogen and oxygen atoms in total. The maximum Gasteiger partial charge on any atom is 0.0542 e. The Morgan fingerprint density at radius 2 is 0.925 bits per heavy atom. The summed E-state index contributed by atoms with van der Waals surface area (Å²) >= 11 is 0. The Morgan fingerprint density at radius 1 is 0.400 bits per heavy atom. The van der Waals surface area contributed by atoms with Crippen LogP contribution in [0.15, 0.2) is 133 Å². The third-order valence-electron chi connectivity index (χ3n) is 8.48. The zero-order valence-electron chi connectivity index (χ0n) is 22.6. The molecule has 2 heteroatoms. The van der Waals surface area contributed by atoms with Gasteiger partial charge < -0.3 is 9.13 Å². The fourth-order valence-electron chi connectivity index (χ4n) is 6.59. The van der Waals surface area contributed by atoms with Crippen molar-refractivity contribution in [1.29, 1.82) is 0 Å². The van der Waals surface area contributed by atoms with Crippen molar-refractivity contribution in [3.8, 4) is 22.5 Å². The van der Waals surface area contributed by atoms with E-state index in [1.807, 2.05) is 0 Å². The van der Waals surface area contributed by atoms with Crippen molar-refractivity contribution < 1.29 is 0 Å². The molecule has 0 aliphatic rings. The smallest absolute Gasteiger partial charge is 0.0542 e. The molecule has 0 bridgehead atoms. The maximum atomic E-state index is 2.44. The summed E-state index contributed by atoms with van der Waals surface area (Å²) in [7, 11) is 0. The number of aromatic nitrogens is 2. The van der Waals surface area contributed by atoms with Gasteiger partial charge >= 0.3 is 0 Å². The Labute approximate surface area is 233 Å². The van der Waals surface area contributed by atoms with Crippen molar-refractivity contribution in [1.82, 2.24) is 9.13 Å². The number of para-hydroxylation sites is 3. The normalized spacial score (nSPS) is 11.8. The highest BCUT2D eigenvalue weighted by Crippen LogP contribution is 2.38. The summed E-state index contributed by atoms with van der Waals surface area (Å²) in [6.07, 6.45) is 0. The first-order valence-corrected chi connectivity index (χ1v) is 13.9. The van der Waals surface area contributed by atoms with Crippen molar-refractivity contribution in [2.24, 2.45) is 0 Å². The minimum absolute atomic E-state index is 1.18. The van der Waals surface area contributed by atoms with E-state index in [1.165, 1.54) is 77.2 Å². The van der Waals surface area contributed by atoms with E-state index in [-0.39, 0.29) is 0 Å². The fourth-order valence-corrected chi connectivity index (χ4v) is 6.59. The number of hydrogen-bond acceptors (Lipinski definition) is 0. The van der Waals surface area contributed by atoms with Gasteiger partial charge in [-0.15, -0.1) is 0 Å². The molecule has 0 saturated heterocycles. The van der Waals surface area contributed by atoms with Gasteiger partial charge in [-0.1, -0.05) is 91.0 Å². The SMILES string of the molecule is Cc1ccccc1-c1cccc(-n2c3ccccc3c3cc(-n4c5ccccc5c5ccccc54)ccc32)c1C. The molecule has 0 spiro atoms. The van der Waals surface area contributed by atoms with Crippen molar-refractivity contribution in [3.63, 3.8) is 0 Å². The summed E-state index contributed by atoms with van der Waals surface area (Å²) in [5.41, 5.74) is 12.4. The van der Waals surface area contributed by atoms with Crippen molar-refractivity contribution in [2.45, 2.75) is 13.8 Å². The first-order chi connectivity index (χ1) is 19.7. The second-order valence-corrected chi connectivity index (χ2v) is 10.7. The molecule has 0 amide bonds. The monoisotopic (exact) mass is 512 g/mol. The van der Waals surface area contributed by atoms with E-state index in [1.54, 1.807) is 0 Å². The number of benzene rings is 6. The number of fused-ring (bicyclic) bond motifs is 6. The van der Waals surface area contributed by atoms with Crippen molar-refractivity contribution >= 4 is 43.6 Å². The summed E-state index contributed by atoms with van der Waals surface area (Å²) in [4.78, 5) is 0. The summed E-state index contributed by atoms with van der Waals surface area (Å²) in [6.45, 7) is 4.45. The molecule has 2 aromatic heterocycles. The highest BCUT2D eigenvalue weighted by Gasteiger charge is 2.18. The second kappa shape index (κ2) is 8.72. The number of hydrogen-bond donors (Lipinski definition) is 0. The average molecular weight is 513 g/mol. The molecule has 0 aliphatic carbocycles. The highest BCUT2D eigenvalue weighted by molar-refractivity contribution is 6.12. The van der Waals surface area contributed by atoms with Gasteiger partial charge in [0.05, 0.1) is 22.1 Å². The Hall–Kier alpha value is -5.08. The van der Waals surface area contributed by atoms with Gasteiger partial charge in [-0.05, 0) is 78.6 Å². The lowest BCUT2D eigenvalue weighted by atomic mass is 9.95.